The van der Waals surface area contributed by atoms with Crippen LogP contribution in [0.25, 0.3) is 0 Å². The standard InChI is InChI=1S/C12H14FN3OS3/c1-3-4-17-9-6-10(8(14)5-7(9)13)19-12-16-15-11(18-2)20-12/h5-6H,3-4,14H2,1-2H3. The summed E-state index contributed by atoms with van der Waals surface area (Å²) in [5.74, 6) is -0.222. The number of rotatable bonds is 6. The van der Waals surface area contributed by atoms with Gasteiger partial charge < -0.3 is 10.5 Å². The van der Waals surface area contributed by atoms with Crippen LogP contribution in [0.3, 0.4) is 0 Å². The highest BCUT2D eigenvalue weighted by molar-refractivity contribution is 8.03. The zero-order valence-electron chi connectivity index (χ0n) is 11.1. The third kappa shape index (κ3) is 3.77. The molecule has 1 heterocycles. The zero-order chi connectivity index (χ0) is 14.5. The number of ether oxygens (including phenoxy) is 1. The summed E-state index contributed by atoms with van der Waals surface area (Å²) in [5, 5.41) is 8.07. The van der Waals surface area contributed by atoms with E-state index in [1.165, 1.54) is 40.9 Å². The minimum absolute atomic E-state index is 0.221. The average Bonchev–Trinajstić information content (AvgIpc) is 2.88. The van der Waals surface area contributed by atoms with Crippen molar-refractivity contribution in [2.24, 2.45) is 0 Å². The Morgan fingerprint density at radius 1 is 1.35 bits per heavy atom. The van der Waals surface area contributed by atoms with Gasteiger partial charge in [0.2, 0.25) is 0 Å². The second-order valence-electron chi connectivity index (χ2n) is 3.81. The molecule has 0 unspecified atom stereocenters. The number of thioether (sulfide) groups is 1. The van der Waals surface area contributed by atoms with Gasteiger partial charge in [-0.3, -0.25) is 0 Å². The van der Waals surface area contributed by atoms with Crippen molar-refractivity contribution in [2.45, 2.75) is 26.9 Å². The van der Waals surface area contributed by atoms with Crippen LogP contribution >= 0.6 is 34.9 Å². The molecule has 4 nitrogen and oxygen atoms in total. The van der Waals surface area contributed by atoms with Gasteiger partial charge in [-0.15, -0.1) is 10.2 Å². The van der Waals surface area contributed by atoms with Crippen LogP contribution in [-0.2, 0) is 0 Å². The highest BCUT2D eigenvalue weighted by Crippen LogP contribution is 2.38. The Bertz CT molecular complexity index is 591. The second-order valence-corrected chi connectivity index (χ2v) is 7.13. The molecule has 20 heavy (non-hydrogen) atoms. The minimum atomic E-state index is -0.442. The first-order valence-electron chi connectivity index (χ1n) is 5.91. The summed E-state index contributed by atoms with van der Waals surface area (Å²) in [5.41, 5.74) is 6.21. The number of aromatic nitrogens is 2. The van der Waals surface area contributed by atoms with E-state index >= 15 is 0 Å². The van der Waals surface area contributed by atoms with E-state index in [-0.39, 0.29) is 5.75 Å². The summed E-state index contributed by atoms with van der Waals surface area (Å²) in [4.78, 5) is 0.723. The molecule has 1 aromatic carbocycles. The van der Waals surface area contributed by atoms with Crippen LogP contribution in [0.2, 0.25) is 0 Å². The predicted molar refractivity (Wildman–Crippen MR) is 82.4 cm³/mol. The second kappa shape index (κ2) is 7.14. The number of nitrogens with two attached hydrogens (primary N) is 1. The minimum Gasteiger partial charge on any atom is -0.490 e. The van der Waals surface area contributed by atoms with Crippen LogP contribution in [0, 0.1) is 5.82 Å². The van der Waals surface area contributed by atoms with Crippen LogP contribution < -0.4 is 10.5 Å². The molecule has 0 aliphatic carbocycles. The van der Waals surface area contributed by atoms with Gasteiger partial charge in [0.15, 0.2) is 20.2 Å². The van der Waals surface area contributed by atoms with Crippen molar-refractivity contribution >= 4 is 40.5 Å². The van der Waals surface area contributed by atoms with Crippen molar-refractivity contribution in [3.8, 4) is 5.75 Å². The van der Waals surface area contributed by atoms with Crippen molar-refractivity contribution in [1.82, 2.24) is 10.2 Å². The topological polar surface area (TPSA) is 61.0 Å². The summed E-state index contributed by atoms with van der Waals surface area (Å²) >= 11 is 4.38. The molecule has 0 fully saturated rings. The Balaban J connectivity index is 2.21. The molecular formula is C12H14FN3OS3. The third-order valence-electron chi connectivity index (χ3n) is 2.29. The molecule has 0 bridgehead atoms. The number of nitrogen functional groups attached to an aromatic ring is 1. The lowest BCUT2D eigenvalue weighted by Gasteiger charge is -2.09. The van der Waals surface area contributed by atoms with Crippen LogP contribution in [0.15, 0.2) is 25.7 Å². The molecular weight excluding hydrogens is 317 g/mol. The highest BCUT2D eigenvalue weighted by Gasteiger charge is 2.13. The molecule has 2 rings (SSSR count). The molecule has 0 radical (unpaired) electrons. The molecule has 8 heteroatoms. The molecule has 0 atom stereocenters. The summed E-state index contributed by atoms with van der Waals surface area (Å²) in [7, 11) is 0. The Morgan fingerprint density at radius 3 is 2.75 bits per heavy atom. The fourth-order valence-electron chi connectivity index (χ4n) is 1.38. The molecule has 1 aromatic heterocycles. The Kier molecular flexibility index (Phi) is 5.50. The lowest BCUT2D eigenvalue weighted by atomic mass is 10.3. The predicted octanol–water partition coefficient (Wildman–Crippen LogP) is 3.92. The van der Waals surface area contributed by atoms with E-state index in [1.807, 2.05) is 13.2 Å². The van der Waals surface area contributed by atoms with Gasteiger partial charge in [0.05, 0.1) is 6.61 Å². The summed E-state index contributed by atoms with van der Waals surface area (Å²) in [6.07, 6.45) is 2.76. The summed E-state index contributed by atoms with van der Waals surface area (Å²) in [6, 6.07) is 2.90. The normalized spacial score (nSPS) is 10.8. The molecule has 0 amide bonds. The maximum Gasteiger partial charge on any atom is 0.179 e. The van der Waals surface area contributed by atoms with Crippen molar-refractivity contribution in [3.63, 3.8) is 0 Å². The van der Waals surface area contributed by atoms with Crippen LogP contribution in [0.5, 0.6) is 5.75 Å². The lowest BCUT2D eigenvalue weighted by molar-refractivity contribution is 0.300. The van der Waals surface area contributed by atoms with Gasteiger partial charge in [-0.05, 0) is 18.7 Å². The van der Waals surface area contributed by atoms with E-state index in [2.05, 4.69) is 10.2 Å². The van der Waals surface area contributed by atoms with Crippen LogP contribution in [-0.4, -0.2) is 23.1 Å². The van der Waals surface area contributed by atoms with Gasteiger partial charge in [-0.1, -0.05) is 41.8 Å². The molecule has 2 N–H and O–H groups in total. The maximum atomic E-state index is 13.7. The summed E-state index contributed by atoms with van der Waals surface area (Å²) < 4.78 is 20.7. The number of nitrogens with zero attached hydrogens (tertiary/aromatic N) is 2. The lowest BCUT2D eigenvalue weighted by Crippen LogP contribution is -1.99. The van der Waals surface area contributed by atoms with Gasteiger partial charge in [0.1, 0.15) is 0 Å². The van der Waals surface area contributed by atoms with Gasteiger partial charge in [-0.2, -0.15) is 0 Å². The number of hydrogen-bond acceptors (Lipinski definition) is 7. The van der Waals surface area contributed by atoms with E-state index in [0.717, 1.165) is 20.0 Å². The molecule has 0 aliphatic heterocycles. The monoisotopic (exact) mass is 331 g/mol. The van der Waals surface area contributed by atoms with E-state index in [0.29, 0.717) is 12.3 Å². The van der Waals surface area contributed by atoms with Gasteiger partial charge in [0.25, 0.3) is 0 Å². The first-order valence-corrected chi connectivity index (χ1v) is 8.77. The van der Waals surface area contributed by atoms with Crippen LogP contribution in [0.1, 0.15) is 13.3 Å². The van der Waals surface area contributed by atoms with E-state index in [4.69, 9.17) is 10.5 Å². The molecule has 2 aromatic rings. The zero-order valence-corrected chi connectivity index (χ0v) is 13.5. The molecule has 0 saturated carbocycles. The Morgan fingerprint density at radius 2 is 2.10 bits per heavy atom. The van der Waals surface area contributed by atoms with Crippen molar-refractivity contribution < 1.29 is 9.13 Å². The molecule has 108 valence electrons. The molecule has 0 saturated heterocycles. The SMILES string of the molecule is CCCOc1cc(Sc2nnc(SC)s2)c(N)cc1F. The van der Waals surface area contributed by atoms with Gasteiger partial charge in [-0.25, -0.2) is 4.39 Å². The van der Waals surface area contributed by atoms with Gasteiger partial charge in [0, 0.05) is 16.6 Å². The smallest absolute Gasteiger partial charge is 0.179 e. The number of halogens is 1. The molecule has 0 aliphatic rings. The Labute approximate surface area is 129 Å². The molecule has 0 spiro atoms. The van der Waals surface area contributed by atoms with Gasteiger partial charge >= 0.3 is 0 Å². The van der Waals surface area contributed by atoms with Crippen molar-refractivity contribution in [3.05, 3.63) is 17.9 Å². The van der Waals surface area contributed by atoms with E-state index in [1.54, 1.807) is 6.07 Å². The Hall–Kier alpha value is -0.990. The van der Waals surface area contributed by atoms with Crippen molar-refractivity contribution in [2.75, 3.05) is 18.6 Å². The maximum absolute atomic E-state index is 13.7. The average molecular weight is 331 g/mol. The van der Waals surface area contributed by atoms with E-state index in [9.17, 15) is 4.39 Å². The van der Waals surface area contributed by atoms with E-state index < -0.39 is 5.82 Å². The number of anilines is 1. The summed E-state index contributed by atoms with van der Waals surface area (Å²) in [6.45, 7) is 2.44. The first kappa shape index (κ1) is 15.4. The third-order valence-corrected chi connectivity index (χ3v) is 5.31. The van der Waals surface area contributed by atoms with Crippen LogP contribution in [0.4, 0.5) is 10.1 Å². The van der Waals surface area contributed by atoms with Crippen molar-refractivity contribution in [1.29, 1.82) is 0 Å². The number of benzene rings is 1. The fraction of sp³-hybridized carbons (Fsp3) is 0.333. The fourth-order valence-corrected chi connectivity index (χ4v) is 3.82. The highest BCUT2D eigenvalue weighted by atomic mass is 32.2. The largest absolute Gasteiger partial charge is 0.490 e. The number of hydrogen-bond donors (Lipinski definition) is 1. The first-order chi connectivity index (χ1) is 9.63. The quantitative estimate of drug-likeness (QED) is 0.639.